The van der Waals surface area contributed by atoms with Gasteiger partial charge in [0.2, 0.25) is 5.91 Å². The van der Waals surface area contributed by atoms with Crippen LogP contribution in [-0.2, 0) is 11.2 Å². The molecule has 0 aromatic carbocycles. The SMILES string of the molecule is CC[C@H](N1C=C(C(N)=O)Cc2cccnc21)C(F)(F)F. The minimum atomic E-state index is -4.42. The van der Waals surface area contributed by atoms with Crippen molar-refractivity contribution in [2.45, 2.75) is 32.0 Å². The number of pyridine rings is 1. The van der Waals surface area contributed by atoms with Crippen LogP contribution in [0.1, 0.15) is 18.9 Å². The van der Waals surface area contributed by atoms with Gasteiger partial charge in [-0.05, 0) is 18.1 Å². The van der Waals surface area contributed by atoms with Crippen LogP contribution in [0.4, 0.5) is 19.0 Å². The lowest BCUT2D eigenvalue weighted by Crippen LogP contribution is -2.45. The van der Waals surface area contributed by atoms with Crippen molar-refractivity contribution in [2.75, 3.05) is 4.90 Å². The molecule has 2 N–H and O–H groups in total. The molecule has 0 spiro atoms. The van der Waals surface area contributed by atoms with E-state index in [1.807, 2.05) is 0 Å². The lowest BCUT2D eigenvalue weighted by atomic mass is 10.00. The summed E-state index contributed by atoms with van der Waals surface area (Å²) in [6.07, 6.45) is -1.77. The summed E-state index contributed by atoms with van der Waals surface area (Å²) in [6.45, 7) is 1.44. The van der Waals surface area contributed by atoms with E-state index in [4.69, 9.17) is 5.73 Å². The number of nitrogens with two attached hydrogens (primary N) is 1. The molecule has 2 heterocycles. The highest BCUT2D eigenvalue weighted by molar-refractivity contribution is 5.93. The van der Waals surface area contributed by atoms with Gasteiger partial charge in [-0.15, -0.1) is 0 Å². The van der Waals surface area contributed by atoms with Crippen molar-refractivity contribution in [3.8, 4) is 0 Å². The Bertz CT molecular complexity index is 554. The number of fused-ring (bicyclic) bond motifs is 1. The van der Waals surface area contributed by atoms with E-state index in [-0.39, 0.29) is 24.2 Å². The van der Waals surface area contributed by atoms with Crippen molar-refractivity contribution in [3.63, 3.8) is 0 Å². The number of alkyl halides is 3. The standard InChI is InChI=1S/C13H14F3N3O/c1-2-10(13(14,15)16)19-7-9(11(17)20)6-8-4-3-5-18-12(8)19/h3-5,7,10H,2,6H2,1H3,(H2,17,20)/t10-/m0/s1. The maximum atomic E-state index is 13.1. The molecule has 0 fully saturated rings. The molecule has 0 aliphatic carbocycles. The fraction of sp³-hybridized carbons (Fsp3) is 0.385. The predicted octanol–water partition coefficient (Wildman–Crippen LogP) is 2.15. The molecule has 1 atom stereocenters. The monoisotopic (exact) mass is 285 g/mol. The van der Waals surface area contributed by atoms with Crippen LogP contribution in [0, 0.1) is 0 Å². The van der Waals surface area contributed by atoms with Gasteiger partial charge in [-0.2, -0.15) is 13.2 Å². The van der Waals surface area contributed by atoms with Gasteiger partial charge in [-0.1, -0.05) is 13.0 Å². The van der Waals surface area contributed by atoms with Crippen LogP contribution < -0.4 is 10.6 Å². The number of amides is 1. The van der Waals surface area contributed by atoms with Crippen LogP contribution in [0.3, 0.4) is 0 Å². The van der Waals surface area contributed by atoms with E-state index < -0.39 is 18.1 Å². The van der Waals surface area contributed by atoms with Crippen LogP contribution in [-0.4, -0.2) is 23.1 Å². The molecule has 1 aromatic heterocycles. The zero-order valence-corrected chi connectivity index (χ0v) is 10.8. The third kappa shape index (κ3) is 2.61. The molecule has 4 nitrogen and oxygen atoms in total. The maximum absolute atomic E-state index is 13.1. The molecule has 0 unspecified atom stereocenters. The lowest BCUT2D eigenvalue weighted by molar-refractivity contribution is -0.148. The third-order valence-electron chi connectivity index (χ3n) is 3.20. The minimum absolute atomic E-state index is 0.146. The van der Waals surface area contributed by atoms with Crippen LogP contribution in [0.5, 0.6) is 0 Å². The number of carbonyl (C=O) groups is 1. The summed E-state index contributed by atoms with van der Waals surface area (Å²) >= 11 is 0. The first kappa shape index (κ1) is 14.4. The zero-order chi connectivity index (χ0) is 14.9. The van der Waals surface area contributed by atoms with Crippen LogP contribution in [0.2, 0.25) is 0 Å². The van der Waals surface area contributed by atoms with Gasteiger partial charge in [0, 0.05) is 24.4 Å². The van der Waals surface area contributed by atoms with Gasteiger partial charge in [-0.25, -0.2) is 4.98 Å². The van der Waals surface area contributed by atoms with Gasteiger partial charge in [0.25, 0.3) is 0 Å². The number of primary amides is 1. The first-order valence-electron chi connectivity index (χ1n) is 6.14. The number of anilines is 1. The second kappa shape index (κ2) is 5.15. The van der Waals surface area contributed by atoms with E-state index in [1.54, 1.807) is 12.1 Å². The first-order valence-corrected chi connectivity index (χ1v) is 6.14. The molecule has 1 aliphatic rings. The molecule has 1 aromatic rings. The van der Waals surface area contributed by atoms with E-state index in [1.165, 1.54) is 19.3 Å². The normalized spacial score (nSPS) is 16.4. The smallest absolute Gasteiger partial charge is 0.366 e. The second-order valence-corrected chi connectivity index (χ2v) is 4.55. The van der Waals surface area contributed by atoms with Gasteiger partial charge < -0.3 is 10.6 Å². The van der Waals surface area contributed by atoms with Gasteiger partial charge in [0.05, 0.1) is 0 Å². The number of nitrogens with zero attached hydrogens (tertiary/aromatic N) is 2. The molecule has 0 saturated heterocycles. The highest BCUT2D eigenvalue weighted by Crippen LogP contribution is 2.35. The summed E-state index contributed by atoms with van der Waals surface area (Å²) in [6, 6.07) is 1.54. The largest absolute Gasteiger partial charge is 0.409 e. The van der Waals surface area contributed by atoms with Gasteiger partial charge >= 0.3 is 6.18 Å². The summed E-state index contributed by atoms with van der Waals surface area (Å²) in [5, 5.41) is 0. The summed E-state index contributed by atoms with van der Waals surface area (Å²) in [5.41, 5.74) is 5.91. The van der Waals surface area contributed by atoms with Crippen molar-refractivity contribution in [1.29, 1.82) is 0 Å². The van der Waals surface area contributed by atoms with Crippen LogP contribution in [0.15, 0.2) is 30.1 Å². The Balaban J connectivity index is 2.51. The van der Waals surface area contributed by atoms with Gasteiger partial charge in [-0.3, -0.25) is 4.79 Å². The molecule has 1 amide bonds. The van der Waals surface area contributed by atoms with E-state index in [0.717, 1.165) is 4.90 Å². The van der Waals surface area contributed by atoms with E-state index in [2.05, 4.69) is 4.98 Å². The number of hydrogen-bond donors (Lipinski definition) is 1. The molecule has 108 valence electrons. The Morgan fingerprint density at radius 1 is 1.55 bits per heavy atom. The Hall–Kier alpha value is -2.05. The van der Waals surface area contributed by atoms with Crippen LogP contribution in [0.25, 0.3) is 0 Å². The van der Waals surface area contributed by atoms with Crippen LogP contribution >= 0.6 is 0 Å². The molecule has 0 radical (unpaired) electrons. The Morgan fingerprint density at radius 2 is 2.25 bits per heavy atom. The van der Waals surface area contributed by atoms with Crippen molar-refractivity contribution in [1.82, 2.24) is 4.98 Å². The second-order valence-electron chi connectivity index (χ2n) is 4.55. The topological polar surface area (TPSA) is 59.2 Å². The molecule has 7 heteroatoms. The number of rotatable bonds is 3. The molecule has 0 saturated carbocycles. The minimum Gasteiger partial charge on any atom is -0.366 e. The number of hydrogen-bond acceptors (Lipinski definition) is 3. The fourth-order valence-electron chi connectivity index (χ4n) is 2.25. The average molecular weight is 285 g/mol. The van der Waals surface area contributed by atoms with Gasteiger partial charge in [0.15, 0.2) is 0 Å². The molecular weight excluding hydrogens is 271 g/mol. The summed E-state index contributed by atoms with van der Waals surface area (Å²) in [4.78, 5) is 16.3. The maximum Gasteiger partial charge on any atom is 0.409 e. The van der Waals surface area contributed by atoms with Crippen molar-refractivity contribution in [3.05, 3.63) is 35.7 Å². The molecular formula is C13H14F3N3O. The molecule has 20 heavy (non-hydrogen) atoms. The number of carbonyl (C=O) groups excluding carboxylic acids is 1. The van der Waals surface area contributed by atoms with Crippen molar-refractivity contribution >= 4 is 11.7 Å². The number of halogens is 3. The highest BCUT2D eigenvalue weighted by Gasteiger charge is 2.44. The fourth-order valence-corrected chi connectivity index (χ4v) is 2.25. The Labute approximate surface area is 114 Å². The summed E-state index contributed by atoms with van der Waals surface area (Å²) < 4.78 is 39.3. The lowest BCUT2D eigenvalue weighted by Gasteiger charge is -2.34. The quantitative estimate of drug-likeness (QED) is 0.925. The van der Waals surface area contributed by atoms with Gasteiger partial charge in [0.1, 0.15) is 11.9 Å². The first-order chi connectivity index (χ1) is 9.34. The van der Waals surface area contributed by atoms with Crippen molar-refractivity contribution < 1.29 is 18.0 Å². The van der Waals surface area contributed by atoms with E-state index in [9.17, 15) is 18.0 Å². The summed E-state index contributed by atoms with van der Waals surface area (Å²) in [7, 11) is 0. The molecule has 2 rings (SSSR count). The average Bonchev–Trinajstić information content (AvgIpc) is 2.37. The molecule has 1 aliphatic heterocycles. The van der Waals surface area contributed by atoms with E-state index in [0.29, 0.717) is 5.56 Å². The zero-order valence-electron chi connectivity index (χ0n) is 10.8. The number of aromatic nitrogens is 1. The predicted molar refractivity (Wildman–Crippen MR) is 67.8 cm³/mol. The summed E-state index contributed by atoms with van der Waals surface area (Å²) in [5.74, 6) is -0.497. The Kier molecular flexibility index (Phi) is 3.69. The van der Waals surface area contributed by atoms with Crippen molar-refractivity contribution in [2.24, 2.45) is 5.73 Å². The Morgan fingerprint density at radius 3 is 2.80 bits per heavy atom. The third-order valence-corrected chi connectivity index (χ3v) is 3.20. The highest BCUT2D eigenvalue weighted by atomic mass is 19.4. The van der Waals surface area contributed by atoms with E-state index >= 15 is 0 Å². The molecule has 0 bridgehead atoms.